The Hall–Kier alpha value is -0.870. The summed E-state index contributed by atoms with van der Waals surface area (Å²) in [5.41, 5.74) is 7.78. The Balaban J connectivity index is 2.11. The molecule has 0 bridgehead atoms. The number of thiophene rings is 1. The Labute approximate surface area is 93.9 Å². The Morgan fingerprint density at radius 3 is 3.00 bits per heavy atom. The summed E-state index contributed by atoms with van der Waals surface area (Å²) in [6, 6.07) is 0.154. The average Bonchev–Trinajstić information content (AvgIpc) is 2.63. The van der Waals surface area contributed by atoms with Gasteiger partial charge in [0.1, 0.15) is 0 Å². The second-order valence-corrected chi connectivity index (χ2v) is 4.87. The molecule has 1 atom stereocenters. The van der Waals surface area contributed by atoms with Gasteiger partial charge < -0.3 is 10.6 Å². The summed E-state index contributed by atoms with van der Waals surface area (Å²) >= 11 is 1.58. The lowest BCUT2D eigenvalue weighted by Crippen LogP contribution is -2.45. The Kier molecular flexibility index (Phi) is 3.07. The van der Waals surface area contributed by atoms with Gasteiger partial charge in [0.15, 0.2) is 0 Å². The van der Waals surface area contributed by atoms with Crippen molar-refractivity contribution in [2.45, 2.75) is 25.8 Å². The van der Waals surface area contributed by atoms with E-state index in [1.165, 1.54) is 0 Å². The maximum atomic E-state index is 12.1. The van der Waals surface area contributed by atoms with Crippen LogP contribution in [0, 0.1) is 6.92 Å². The molecule has 0 aromatic carbocycles. The number of nitrogens with zero attached hydrogens (tertiary/aromatic N) is 1. The molecule has 1 aliphatic rings. The van der Waals surface area contributed by atoms with Crippen molar-refractivity contribution in [1.29, 1.82) is 0 Å². The molecular formula is C11H16N2OS. The van der Waals surface area contributed by atoms with Crippen LogP contribution in [0.15, 0.2) is 10.8 Å². The van der Waals surface area contributed by atoms with Crippen molar-refractivity contribution in [3.05, 3.63) is 21.9 Å². The van der Waals surface area contributed by atoms with Crippen LogP contribution in [0.5, 0.6) is 0 Å². The normalized spacial score (nSPS) is 21.7. The minimum absolute atomic E-state index is 0.143. The van der Waals surface area contributed by atoms with Gasteiger partial charge in [-0.3, -0.25) is 4.79 Å². The number of rotatable bonds is 1. The molecule has 2 N–H and O–H groups in total. The van der Waals surface area contributed by atoms with Crippen LogP contribution < -0.4 is 5.73 Å². The van der Waals surface area contributed by atoms with Crippen molar-refractivity contribution in [2.75, 3.05) is 13.1 Å². The molecule has 1 fully saturated rings. The maximum Gasteiger partial charge on any atom is 0.255 e. The maximum absolute atomic E-state index is 12.1. The molecule has 1 aromatic rings. The van der Waals surface area contributed by atoms with Gasteiger partial charge in [-0.2, -0.15) is 11.3 Å². The van der Waals surface area contributed by atoms with Gasteiger partial charge in [0.25, 0.3) is 5.91 Å². The van der Waals surface area contributed by atoms with Crippen LogP contribution in [0.1, 0.15) is 28.8 Å². The van der Waals surface area contributed by atoms with Crippen molar-refractivity contribution >= 4 is 17.2 Å². The zero-order valence-electron chi connectivity index (χ0n) is 8.90. The lowest BCUT2D eigenvalue weighted by atomic mass is 10.1. The Morgan fingerprint density at radius 2 is 2.40 bits per heavy atom. The number of piperidine rings is 1. The van der Waals surface area contributed by atoms with Gasteiger partial charge in [-0.25, -0.2) is 0 Å². The van der Waals surface area contributed by atoms with E-state index in [0.717, 1.165) is 30.5 Å². The van der Waals surface area contributed by atoms with E-state index in [1.54, 1.807) is 11.3 Å². The summed E-state index contributed by atoms with van der Waals surface area (Å²) in [5.74, 6) is 0.143. The highest BCUT2D eigenvalue weighted by Gasteiger charge is 2.23. The van der Waals surface area contributed by atoms with Crippen molar-refractivity contribution < 1.29 is 4.79 Å². The molecule has 1 aromatic heterocycles. The van der Waals surface area contributed by atoms with Crippen molar-refractivity contribution in [2.24, 2.45) is 5.73 Å². The smallest absolute Gasteiger partial charge is 0.255 e. The first-order chi connectivity index (χ1) is 7.18. The Morgan fingerprint density at radius 1 is 1.60 bits per heavy atom. The molecule has 1 unspecified atom stereocenters. The summed E-state index contributed by atoms with van der Waals surface area (Å²) in [6.07, 6.45) is 2.06. The molecule has 82 valence electrons. The fraction of sp³-hybridized carbons (Fsp3) is 0.545. The average molecular weight is 224 g/mol. The van der Waals surface area contributed by atoms with Gasteiger partial charge in [-0.1, -0.05) is 0 Å². The molecular weight excluding hydrogens is 208 g/mol. The van der Waals surface area contributed by atoms with E-state index in [2.05, 4.69) is 0 Å². The number of carbonyl (C=O) groups excluding carboxylic acids is 1. The molecule has 1 saturated heterocycles. The number of carbonyl (C=O) groups is 1. The molecule has 15 heavy (non-hydrogen) atoms. The van der Waals surface area contributed by atoms with E-state index in [-0.39, 0.29) is 11.9 Å². The van der Waals surface area contributed by atoms with Crippen LogP contribution in [-0.2, 0) is 0 Å². The monoisotopic (exact) mass is 224 g/mol. The Bertz CT molecular complexity index is 361. The molecule has 2 rings (SSSR count). The van der Waals surface area contributed by atoms with E-state index < -0.39 is 0 Å². The summed E-state index contributed by atoms with van der Waals surface area (Å²) in [7, 11) is 0. The second-order valence-electron chi connectivity index (χ2n) is 4.12. The van der Waals surface area contributed by atoms with Crippen molar-refractivity contribution in [3.63, 3.8) is 0 Å². The molecule has 4 heteroatoms. The highest BCUT2D eigenvalue weighted by Crippen LogP contribution is 2.18. The summed E-state index contributed by atoms with van der Waals surface area (Å²) in [6.45, 7) is 3.53. The first-order valence-electron chi connectivity index (χ1n) is 5.26. The van der Waals surface area contributed by atoms with Crippen molar-refractivity contribution in [1.82, 2.24) is 4.90 Å². The number of hydrogen-bond donors (Lipinski definition) is 1. The highest BCUT2D eigenvalue weighted by molar-refractivity contribution is 7.08. The first-order valence-corrected chi connectivity index (χ1v) is 6.20. The van der Waals surface area contributed by atoms with E-state index in [4.69, 9.17) is 5.73 Å². The van der Waals surface area contributed by atoms with E-state index in [1.807, 2.05) is 22.6 Å². The first kappa shape index (κ1) is 10.6. The van der Waals surface area contributed by atoms with Gasteiger partial charge >= 0.3 is 0 Å². The lowest BCUT2D eigenvalue weighted by Gasteiger charge is -2.30. The predicted octanol–water partition coefficient (Wildman–Crippen LogP) is 1.62. The molecule has 0 spiro atoms. The third-order valence-corrected chi connectivity index (χ3v) is 3.69. The molecule has 3 nitrogen and oxygen atoms in total. The van der Waals surface area contributed by atoms with E-state index in [9.17, 15) is 4.79 Å². The molecule has 1 aliphatic heterocycles. The number of likely N-dealkylation sites (tertiary alicyclic amines) is 1. The highest BCUT2D eigenvalue weighted by atomic mass is 32.1. The number of amides is 1. The minimum Gasteiger partial charge on any atom is -0.337 e. The minimum atomic E-state index is 0.143. The van der Waals surface area contributed by atoms with E-state index in [0.29, 0.717) is 6.54 Å². The fourth-order valence-corrected chi connectivity index (χ4v) is 2.77. The van der Waals surface area contributed by atoms with Gasteiger partial charge in [0.05, 0.1) is 5.56 Å². The van der Waals surface area contributed by atoms with Crippen LogP contribution in [0.2, 0.25) is 0 Å². The largest absolute Gasteiger partial charge is 0.337 e. The number of nitrogens with two attached hydrogens (primary N) is 1. The summed E-state index contributed by atoms with van der Waals surface area (Å²) in [4.78, 5) is 14.0. The topological polar surface area (TPSA) is 46.3 Å². The SMILES string of the molecule is Cc1cscc1C(=O)N1CCCC(N)C1. The molecule has 0 saturated carbocycles. The second kappa shape index (κ2) is 4.33. The fourth-order valence-electron chi connectivity index (χ4n) is 1.94. The summed E-state index contributed by atoms with van der Waals surface area (Å²) in [5, 5.41) is 3.94. The number of hydrogen-bond acceptors (Lipinski definition) is 3. The molecule has 1 amide bonds. The zero-order valence-corrected chi connectivity index (χ0v) is 9.72. The van der Waals surface area contributed by atoms with E-state index >= 15 is 0 Å². The van der Waals surface area contributed by atoms with Gasteiger partial charge in [-0.15, -0.1) is 0 Å². The quantitative estimate of drug-likeness (QED) is 0.788. The van der Waals surface area contributed by atoms with Crippen molar-refractivity contribution in [3.8, 4) is 0 Å². The van der Waals surface area contributed by atoms with Crippen LogP contribution in [0.3, 0.4) is 0 Å². The van der Waals surface area contributed by atoms with Gasteiger partial charge in [0.2, 0.25) is 0 Å². The van der Waals surface area contributed by atoms with Crippen LogP contribution in [-0.4, -0.2) is 29.9 Å². The van der Waals surface area contributed by atoms with Gasteiger partial charge in [0, 0.05) is 24.5 Å². The van der Waals surface area contributed by atoms with Crippen LogP contribution in [0.25, 0.3) is 0 Å². The summed E-state index contributed by atoms with van der Waals surface area (Å²) < 4.78 is 0. The lowest BCUT2D eigenvalue weighted by molar-refractivity contribution is 0.0708. The third-order valence-electron chi connectivity index (χ3n) is 2.83. The number of aryl methyl sites for hydroxylation is 1. The molecule has 0 radical (unpaired) electrons. The predicted molar refractivity (Wildman–Crippen MR) is 62.2 cm³/mol. The zero-order chi connectivity index (χ0) is 10.8. The van der Waals surface area contributed by atoms with Gasteiger partial charge in [-0.05, 0) is 30.7 Å². The standard InChI is InChI=1S/C11H16N2OS/c1-8-6-15-7-10(8)11(14)13-4-2-3-9(12)5-13/h6-7,9H,2-5,12H2,1H3. The molecule has 2 heterocycles. The third kappa shape index (κ3) is 2.21. The van der Waals surface area contributed by atoms with Crippen LogP contribution in [0.4, 0.5) is 0 Å². The van der Waals surface area contributed by atoms with Crippen LogP contribution >= 0.6 is 11.3 Å². The molecule has 0 aliphatic carbocycles.